The average Bonchev–Trinajstić information content (AvgIpc) is 3.27. The minimum Gasteiger partial charge on any atom is -0.459 e. The third kappa shape index (κ3) is 3.50. The first kappa shape index (κ1) is 17.1. The number of alkyl halides is 2. The van der Waals surface area contributed by atoms with E-state index in [0.717, 1.165) is 0 Å². The Kier molecular flexibility index (Phi) is 4.09. The molecule has 27 heavy (non-hydrogen) atoms. The Balaban J connectivity index is 1.33. The van der Waals surface area contributed by atoms with Crippen LogP contribution in [0.1, 0.15) is 10.6 Å². The Morgan fingerprint density at radius 3 is 2.41 bits per heavy atom. The van der Waals surface area contributed by atoms with Crippen LogP contribution in [-0.2, 0) is 0 Å². The first-order valence-corrected chi connectivity index (χ1v) is 8.20. The molecule has 8 nitrogen and oxygen atoms in total. The molecule has 2 aliphatic rings. The molecule has 0 spiro atoms. The number of piperazine rings is 1. The lowest BCUT2D eigenvalue weighted by molar-refractivity contribution is -0.286. The molecule has 0 aliphatic carbocycles. The number of benzene rings is 1. The van der Waals surface area contributed by atoms with Gasteiger partial charge in [0.15, 0.2) is 17.3 Å². The third-order valence-corrected chi connectivity index (χ3v) is 4.24. The van der Waals surface area contributed by atoms with E-state index in [1.807, 2.05) is 0 Å². The van der Waals surface area contributed by atoms with E-state index in [-0.39, 0.29) is 23.2 Å². The number of amides is 3. The van der Waals surface area contributed by atoms with Crippen molar-refractivity contribution < 1.29 is 32.3 Å². The number of hydrogen-bond acceptors (Lipinski definition) is 5. The van der Waals surface area contributed by atoms with E-state index in [1.165, 1.54) is 29.4 Å². The summed E-state index contributed by atoms with van der Waals surface area (Å²) in [5.41, 5.74) is 0.300. The fraction of sp³-hybridized carbons (Fsp3) is 0.294. The Labute approximate surface area is 152 Å². The van der Waals surface area contributed by atoms with Gasteiger partial charge in [0, 0.05) is 37.9 Å². The molecular weight excluding hydrogens is 364 g/mol. The number of halogens is 2. The van der Waals surface area contributed by atoms with E-state index < -0.39 is 12.3 Å². The number of furan rings is 1. The van der Waals surface area contributed by atoms with Crippen molar-refractivity contribution in [2.24, 2.45) is 0 Å². The summed E-state index contributed by atoms with van der Waals surface area (Å²) in [7, 11) is 0. The molecule has 0 saturated carbocycles. The molecule has 2 aromatic rings. The second-order valence-electron chi connectivity index (χ2n) is 6.02. The van der Waals surface area contributed by atoms with Gasteiger partial charge in [-0.25, -0.2) is 4.79 Å². The van der Waals surface area contributed by atoms with Gasteiger partial charge in [0.1, 0.15) is 0 Å². The van der Waals surface area contributed by atoms with Crippen LogP contribution in [0.2, 0.25) is 0 Å². The highest BCUT2D eigenvalue weighted by molar-refractivity contribution is 5.92. The lowest BCUT2D eigenvalue weighted by atomic mass is 10.2. The fourth-order valence-corrected chi connectivity index (χ4v) is 2.90. The number of anilines is 1. The van der Waals surface area contributed by atoms with Crippen molar-refractivity contribution in [2.75, 3.05) is 31.5 Å². The summed E-state index contributed by atoms with van der Waals surface area (Å²) in [5.74, 6) is -0.212. The van der Waals surface area contributed by atoms with Gasteiger partial charge in [-0.3, -0.25) is 4.79 Å². The van der Waals surface area contributed by atoms with Crippen molar-refractivity contribution >= 4 is 17.6 Å². The maximum absolute atomic E-state index is 13.0. The van der Waals surface area contributed by atoms with Gasteiger partial charge in [0.2, 0.25) is 0 Å². The summed E-state index contributed by atoms with van der Waals surface area (Å²) in [6.07, 6.45) is -2.28. The lowest BCUT2D eigenvalue weighted by Crippen LogP contribution is -2.51. The molecule has 1 aromatic heterocycles. The smallest absolute Gasteiger partial charge is 0.459 e. The molecule has 1 fully saturated rings. The molecule has 142 valence electrons. The van der Waals surface area contributed by atoms with Gasteiger partial charge < -0.3 is 29.0 Å². The van der Waals surface area contributed by atoms with E-state index in [4.69, 9.17) is 4.42 Å². The number of carbonyl (C=O) groups is 2. The SMILES string of the molecule is O=C(Nc1ccc2c(c1)OC(F)(F)O2)N1CCN(C(=O)c2ccco2)CC1. The second-order valence-corrected chi connectivity index (χ2v) is 6.02. The van der Waals surface area contributed by atoms with E-state index >= 15 is 0 Å². The van der Waals surface area contributed by atoms with Crippen LogP contribution in [0, 0.1) is 0 Å². The predicted molar refractivity (Wildman–Crippen MR) is 87.8 cm³/mol. The van der Waals surface area contributed by atoms with Crippen molar-refractivity contribution in [1.82, 2.24) is 9.80 Å². The van der Waals surface area contributed by atoms with Gasteiger partial charge >= 0.3 is 12.3 Å². The van der Waals surface area contributed by atoms with Gasteiger partial charge in [0.05, 0.1) is 6.26 Å². The van der Waals surface area contributed by atoms with Crippen molar-refractivity contribution in [3.8, 4) is 11.5 Å². The molecule has 0 atom stereocenters. The molecule has 0 radical (unpaired) electrons. The molecule has 3 heterocycles. The number of hydrogen-bond donors (Lipinski definition) is 1. The van der Waals surface area contributed by atoms with Gasteiger partial charge in [-0.1, -0.05) is 0 Å². The zero-order valence-electron chi connectivity index (χ0n) is 14.0. The largest absolute Gasteiger partial charge is 0.586 e. The minimum atomic E-state index is -3.71. The molecule has 10 heteroatoms. The quantitative estimate of drug-likeness (QED) is 0.867. The number of fused-ring (bicyclic) bond motifs is 1. The summed E-state index contributed by atoms with van der Waals surface area (Å²) in [5, 5.41) is 2.62. The molecule has 1 N–H and O–H groups in total. The normalized spacial score (nSPS) is 17.7. The summed E-state index contributed by atoms with van der Waals surface area (Å²) in [6, 6.07) is 6.84. The van der Waals surface area contributed by atoms with Gasteiger partial charge in [0.25, 0.3) is 5.91 Å². The molecule has 4 rings (SSSR count). The van der Waals surface area contributed by atoms with Crippen molar-refractivity contribution in [1.29, 1.82) is 0 Å². The molecule has 0 unspecified atom stereocenters. The summed E-state index contributed by atoms with van der Waals surface area (Å²) < 4.78 is 39.9. The van der Waals surface area contributed by atoms with E-state index in [9.17, 15) is 18.4 Å². The highest BCUT2D eigenvalue weighted by Crippen LogP contribution is 2.42. The molecule has 3 amide bonds. The highest BCUT2D eigenvalue weighted by atomic mass is 19.3. The van der Waals surface area contributed by atoms with Gasteiger partial charge in [-0.05, 0) is 24.3 Å². The lowest BCUT2D eigenvalue weighted by Gasteiger charge is -2.34. The zero-order chi connectivity index (χ0) is 19.0. The van der Waals surface area contributed by atoms with E-state index in [0.29, 0.717) is 31.9 Å². The maximum Gasteiger partial charge on any atom is 0.586 e. The average molecular weight is 379 g/mol. The van der Waals surface area contributed by atoms with Crippen LogP contribution in [-0.4, -0.2) is 54.2 Å². The van der Waals surface area contributed by atoms with Crippen molar-refractivity contribution in [2.45, 2.75) is 6.29 Å². The Morgan fingerprint density at radius 1 is 1.00 bits per heavy atom. The van der Waals surface area contributed by atoms with Crippen LogP contribution in [0.25, 0.3) is 0 Å². The van der Waals surface area contributed by atoms with E-state index in [1.54, 1.807) is 17.0 Å². The topological polar surface area (TPSA) is 84.3 Å². The van der Waals surface area contributed by atoms with Crippen LogP contribution >= 0.6 is 0 Å². The van der Waals surface area contributed by atoms with Crippen LogP contribution < -0.4 is 14.8 Å². The molecular formula is C17H15F2N3O5. The number of nitrogens with zero attached hydrogens (tertiary/aromatic N) is 2. The molecule has 0 bridgehead atoms. The molecule has 1 saturated heterocycles. The Bertz CT molecular complexity index is 863. The van der Waals surface area contributed by atoms with Crippen molar-refractivity contribution in [3.05, 3.63) is 42.4 Å². The van der Waals surface area contributed by atoms with E-state index in [2.05, 4.69) is 14.8 Å². The Hall–Kier alpha value is -3.30. The summed E-state index contributed by atoms with van der Waals surface area (Å²) >= 11 is 0. The van der Waals surface area contributed by atoms with Gasteiger partial charge in [-0.15, -0.1) is 8.78 Å². The summed E-state index contributed by atoms with van der Waals surface area (Å²) in [4.78, 5) is 27.7. The van der Waals surface area contributed by atoms with Crippen molar-refractivity contribution in [3.63, 3.8) is 0 Å². The predicted octanol–water partition coefficient (Wildman–Crippen LogP) is 2.59. The summed E-state index contributed by atoms with van der Waals surface area (Å²) in [6.45, 7) is 1.39. The highest BCUT2D eigenvalue weighted by Gasteiger charge is 2.43. The number of rotatable bonds is 2. The number of nitrogens with one attached hydrogen (secondary N) is 1. The van der Waals surface area contributed by atoms with Crippen LogP contribution in [0.4, 0.5) is 19.3 Å². The number of carbonyl (C=O) groups excluding carboxylic acids is 2. The minimum absolute atomic E-state index is 0.0944. The number of ether oxygens (including phenoxy) is 2. The zero-order valence-corrected chi connectivity index (χ0v) is 14.0. The maximum atomic E-state index is 13.0. The standard InChI is InChI=1S/C17H15F2N3O5/c18-17(19)26-12-4-3-11(10-14(12)27-17)20-16(24)22-7-5-21(6-8-22)15(23)13-2-1-9-25-13/h1-4,9-10H,5-8H2,(H,20,24). The first-order valence-electron chi connectivity index (χ1n) is 8.20. The fourth-order valence-electron chi connectivity index (χ4n) is 2.90. The molecule has 1 aromatic carbocycles. The first-order chi connectivity index (χ1) is 12.9. The number of urea groups is 1. The third-order valence-electron chi connectivity index (χ3n) is 4.24. The monoisotopic (exact) mass is 379 g/mol. The van der Waals surface area contributed by atoms with Crippen LogP contribution in [0.15, 0.2) is 41.0 Å². The molecule has 2 aliphatic heterocycles. The van der Waals surface area contributed by atoms with Gasteiger partial charge in [-0.2, -0.15) is 0 Å². The van der Waals surface area contributed by atoms with Crippen LogP contribution in [0.3, 0.4) is 0 Å². The Morgan fingerprint density at radius 2 is 1.70 bits per heavy atom. The second kappa shape index (κ2) is 6.45. The van der Waals surface area contributed by atoms with Crippen LogP contribution in [0.5, 0.6) is 11.5 Å².